The Morgan fingerprint density at radius 2 is 2.06 bits per heavy atom. The Bertz CT molecular complexity index is 304. The fourth-order valence-corrected chi connectivity index (χ4v) is 2.13. The molecule has 3 N–H and O–H groups in total. The smallest absolute Gasteiger partial charge is 0.326 e. The lowest BCUT2D eigenvalue weighted by Crippen LogP contribution is -2.49. The van der Waals surface area contributed by atoms with Gasteiger partial charge in [-0.25, -0.2) is 9.59 Å². The van der Waals surface area contributed by atoms with E-state index < -0.39 is 24.1 Å². The summed E-state index contributed by atoms with van der Waals surface area (Å²) >= 11 is 0. The van der Waals surface area contributed by atoms with Gasteiger partial charge >= 0.3 is 12.0 Å². The van der Waals surface area contributed by atoms with Crippen LogP contribution in [0.1, 0.15) is 19.8 Å². The molecule has 2 amide bonds. The first-order chi connectivity index (χ1) is 8.51. The molecule has 0 aliphatic carbocycles. The van der Waals surface area contributed by atoms with E-state index >= 15 is 0 Å². The predicted octanol–water partition coefficient (Wildman–Crippen LogP) is -0.669. The van der Waals surface area contributed by atoms with Gasteiger partial charge in [0.2, 0.25) is 0 Å². The van der Waals surface area contributed by atoms with E-state index in [1.807, 2.05) is 6.92 Å². The number of amides is 2. The molecule has 1 heterocycles. The van der Waals surface area contributed by atoms with Gasteiger partial charge in [0.15, 0.2) is 0 Å². The lowest BCUT2D eigenvalue weighted by molar-refractivity contribution is -0.141. The lowest BCUT2D eigenvalue weighted by atomic mass is 10.2. The SMILES string of the molecule is CCCN(CCO)C(=O)N1C[C@H](O)C[C@@H]1C(=O)O. The Kier molecular flexibility index (Phi) is 5.36. The summed E-state index contributed by atoms with van der Waals surface area (Å²) in [4.78, 5) is 25.8. The number of carboxylic acid groups (broad SMARTS) is 1. The van der Waals surface area contributed by atoms with Crippen LogP contribution < -0.4 is 0 Å². The summed E-state index contributed by atoms with van der Waals surface area (Å²) in [6.07, 6.45) is -0.0207. The van der Waals surface area contributed by atoms with Crippen molar-refractivity contribution in [2.75, 3.05) is 26.2 Å². The Balaban J connectivity index is 2.76. The average Bonchev–Trinajstić information content (AvgIpc) is 2.70. The fraction of sp³-hybridized carbons (Fsp3) is 0.818. The second-order valence-corrected chi connectivity index (χ2v) is 4.39. The summed E-state index contributed by atoms with van der Waals surface area (Å²) in [5.74, 6) is -1.11. The van der Waals surface area contributed by atoms with Crippen LogP contribution in [-0.4, -0.2) is 75.5 Å². The largest absolute Gasteiger partial charge is 0.480 e. The van der Waals surface area contributed by atoms with E-state index in [9.17, 15) is 14.7 Å². The highest BCUT2D eigenvalue weighted by Crippen LogP contribution is 2.20. The van der Waals surface area contributed by atoms with Gasteiger partial charge in [0.05, 0.1) is 12.7 Å². The molecule has 7 heteroatoms. The van der Waals surface area contributed by atoms with E-state index in [0.29, 0.717) is 6.54 Å². The topological polar surface area (TPSA) is 101 Å². The van der Waals surface area contributed by atoms with Gasteiger partial charge in [0, 0.05) is 26.1 Å². The molecule has 104 valence electrons. The van der Waals surface area contributed by atoms with Gasteiger partial charge in [-0.15, -0.1) is 0 Å². The number of aliphatic carboxylic acids is 1. The normalized spacial score (nSPS) is 23.2. The zero-order valence-corrected chi connectivity index (χ0v) is 10.4. The van der Waals surface area contributed by atoms with Crippen molar-refractivity contribution in [3.05, 3.63) is 0 Å². The van der Waals surface area contributed by atoms with Crippen LogP contribution >= 0.6 is 0 Å². The molecule has 0 unspecified atom stereocenters. The van der Waals surface area contributed by atoms with Crippen LogP contribution in [0.25, 0.3) is 0 Å². The van der Waals surface area contributed by atoms with Crippen LogP contribution in [0, 0.1) is 0 Å². The molecule has 0 saturated carbocycles. The number of carbonyl (C=O) groups excluding carboxylic acids is 1. The Morgan fingerprint density at radius 3 is 2.56 bits per heavy atom. The summed E-state index contributed by atoms with van der Waals surface area (Å²) in [6.45, 7) is 2.39. The van der Waals surface area contributed by atoms with Gasteiger partial charge in [0.25, 0.3) is 0 Å². The highest BCUT2D eigenvalue weighted by molar-refractivity contribution is 5.83. The first kappa shape index (κ1) is 14.7. The summed E-state index contributed by atoms with van der Waals surface area (Å²) in [5, 5.41) is 27.4. The third-order valence-corrected chi connectivity index (χ3v) is 2.94. The van der Waals surface area contributed by atoms with Crippen molar-refractivity contribution in [3.8, 4) is 0 Å². The van der Waals surface area contributed by atoms with Crippen molar-refractivity contribution in [3.63, 3.8) is 0 Å². The van der Waals surface area contributed by atoms with Crippen LogP contribution in [0.5, 0.6) is 0 Å². The zero-order valence-electron chi connectivity index (χ0n) is 10.4. The molecule has 2 atom stereocenters. The Hall–Kier alpha value is -1.34. The number of carbonyl (C=O) groups is 2. The van der Waals surface area contributed by atoms with E-state index in [1.165, 1.54) is 9.80 Å². The minimum atomic E-state index is -1.11. The zero-order chi connectivity index (χ0) is 13.7. The number of nitrogens with zero attached hydrogens (tertiary/aromatic N) is 2. The summed E-state index contributed by atoms with van der Waals surface area (Å²) in [6, 6.07) is -1.42. The van der Waals surface area contributed by atoms with Crippen LogP contribution in [0.4, 0.5) is 4.79 Å². The molecular formula is C11H20N2O5. The van der Waals surface area contributed by atoms with Crippen molar-refractivity contribution in [2.45, 2.75) is 31.9 Å². The molecule has 7 nitrogen and oxygen atoms in total. The minimum absolute atomic E-state index is 0.0292. The molecule has 0 aromatic carbocycles. The highest BCUT2D eigenvalue weighted by Gasteiger charge is 2.40. The summed E-state index contributed by atoms with van der Waals surface area (Å²) < 4.78 is 0. The van der Waals surface area contributed by atoms with Crippen molar-refractivity contribution < 1.29 is 24.9 Å². The molecular weight excluding hydrogens is 240 g/mol. The number of rotatable bonds is 5. The van der Waals surface area contributed by atoms with Gasteiger partial charge < -0.3 is 25.1 Å². The van der Waals surface area contributed by atoms with Gasteiger partial charge in [-0.2, -0.15) is 0 Å². The number of carboxylic acids is 1. The molecule has 0 aromatic rings. The van der Waals surface area contributed by atoms with E-state index in [4.69, 9.17) is 10.2 Å². The maximum Gasteiger partial charge on any atom is 0.326 e. The third-order valence-electron chi connectivity index (χ3n) is 2.94. The number of aliphatic hydroxyl groups excluding tert-OH is 2. The number of aliphatic hydroxyl groups is 2. The van der Waals surface area contributed by atoms with Crippen LogP contribution in [-0.2, 0) is 4.79 Å². The van der Waals surface area contributed by atoms with Crippen molar-refractivity contribution in [2.24, 2.45) is 0 Å². The minimum Gasteiger partial charge on any atom is -0.480 e. The van der Waals surface area contributed by atoms with Gasteiger partial charge in [-0.05, 0) is 6.42 Å². The molecule has 18 heavy (non-hydrogen) atoms. The molecule has 1 rings (SSSR count). The molecule has 0 bridgehead atoms. The van der Waals surface area contributed by atoms with Gasteiger partial charge in [-0.1, -0.05) is 6.92 Å². The van der Waals surface area contributed by atoms with Crippen molar-refractivity contribution in [1.29, 1.82) is 0 Å². The first-order valence-electron chi connectivity index (χ1n) is 6.08. The first-order valence-corrected chi connectivity index (χ1v) is 6.08. The van der Waals surface area contributed by atoms with Crippen LogP contribution in [0.15, 0.2) is 0 Å². The van der Waals surface area contributed by atoms with Crippen molar-refractivity contribution >= 4 is 12.0 Å². The highest BCUT2D eigenvalue weighted by atomic mass is 16.4. The van der Waals surface area contributed by atoms with E-state index in [1.54, 1.807) is 0 Å². The lowest BCUT2D eigenvalue weighted by Gasteiger charge is -2.29. The standard InChI is InChI=1S/C11H20N2O5/c1-2-3-12(4-5-14)11(18)13-7-8(15)6-9(13)10(16)17/h8-9,14-15H,2-7H2,1H3,(H,16,17)/t8-,9-/m1/s1. The number of β-amino-alcohol motifs (C(OH)–C–C–N with tert-alkyl or cyclic N) is 1. The molecule has 1 aliphatic rings. The maximum atomic E-state index is 12.2. The number of likely N-dealkylation sites (tertiary alicyclic amines) is 1. The number of hydrogen-bond donors (Lipinski definition) is 3. The number of urea groups is 1. The number of hydrogen-bond acceptors (Lipinski definition) is 4. The summed E-state index contributed by atoms with van der Waals surface area (Å²) in [5.41, 5.74) is 0. The fourth-order valence-electron chi connectivity index (χ4n) is 2.13. The van der Waals surface area contributed by atoms with Crippen LogP contribution in [0.2, 0.25) is 0 Å². The van der Waals surface area contributed by atoms with Crippen LogP contribution in [0.3, 0.4) is 0 Å². The van der Waals surface area contributed by atoms with E-state index in [-0.39, 0.29) is 26.1 Å². The molecule has 1 fully saturated rings. The Labute approximate surface area is 106 Å². The second kappa shape index (κ2) is 6.55. The molecule has 1 aliphatic heterocycles. The molecule has 0 spiro atoms. The van der Waals surface area contributed by atoms with Crippen molar-refractivity contribution in [1.82, 2.24) is 9.80 Å². The Morgan fingerprint density at radius 1 is 1.39 bits per heavy atom. The van der Waals surface area contributed by atoms with Gasteiger partial charge in [0.1, 0.15) is 6.04 Å². The van der Waals surface area contributed by atoms with Gasteiger partial charge in [-0.3, -0.25) is 0 Å². The second-order valence-electron chi connectivity index (χ2n) is 4.39. The maximum absolute atomic E-state index is 12.2. The van der Waals surface area contributed by atoms with E-state index in [0.717, 1.165) is 6.42 Å². The monoisotopic (exact) mass is 260 g/mol. The summed E-state index contributed by atoms with van der Waals surface area (Å²) in [7, 11) is 0. The molecule has 1 saturated heterocycles. The quantitative estimate of drug-likeness (QED) is 0.608. The molecule has 0 aromatic heterocycles. The predicted molar refractivity (Wildman–Crippen MR) is 63.1 cm³/mol. The third kappa shape index (κ3) is 3.33. The average molecular weight is 260 g/mol. The van der Waals surface area contributed by atoms with E-state index in [2.05, 4.69) is 0 Å². The molecule has 0 radical (unpaired) electrons.